The Morgan fingerprint density at radius 1 is 1.19 bits per heavy atom. The molecule has 0 amide bonds. The quantitative estimate of drug-likeness (QED) is 0.586. The smallest absolute Gasteiger partial charge is 0.308 e. The summed E-state index contributed by atoms with van der Waals surface area (Å²) >= 11 is 7.54. The summed E-state index contributed by atoms with van der Waals surface area (Å²) in [6, 6.07) is 12.8. The molecule has 0 bridgehead atoms. The summed E-state index contributed by atoms with van der Waals surface area (Å²) in [6.07, 6.45) is 1.34. The molecule has 2 aromatic carbocycles. The normalized spacial score (nSPS) is 22.2. The van der Waals surface area contributed by atoms with Gasteiger partial charge in [-0.25, -0.2) is 8.42 Å². The molecule has 1 heterocycles. The van der Waals surface area contributed by atoms with Gasteiger partial charge in [-0.15, -0.1) is 0 Å². The lowest BCUT2D eigenvalue weighted by molar-refractivity contribution is -0.143. The van der Waals surface area contributed by atoms with Crippen molar-refractivity contribution in [1.82, 2.24) is 4.31 Å². The Morgan fingerprint density at radius 2 is 1.84 bits per heavy atom. The van der Waals surface area contributed by atoms with Crippen LogP contribution >= 0.6 is 23.4 Å². The fourth-order valence-corrected chi connectivity index (χ4v) is 6.84. The van der Waals surface area contributed by atoms with Crippen molar-refractivity contribution in [3.8, 4) is 5.75 Å². The fraction of sp³-hybridized carbons (Fsp3) is 0.409. The number of carbonyl (C=O) groups is 1. The van der Waals surface area contributed by atoms with Crippen molar-refractivity contribution in [3.63, 3.8) is 0 Å². The van der Waals surface area contributed by atoms with Crippen LogP contribution in [0.25, 0.3) is 0 Å². The number of piperidine rings is 1. The minimum absolute atomic E-state index is 0.0850. The number of methoxy groups -OCH3 is 1. The predicted octanol–water partition coefficient (Wildman–Crippen LogP) is 4.70. The molecule has 168 valence electrons. The topological polar surface area (TPSA) is 83.9 Å². The Morgan fingerprint density at radius 3 is 2.39 bits per heavy atom. The molecule has 0 radical (unpaired) electrons. The molecule has 2 aromatic rings. The van der Waals surface area contributed by atoms with Crippen molar-refractivity contribution in [2.75, 3.05) is 19.4 Å². The van der Waals surface area contributed by atoms with Crippen LogP contribution in [0.1, 0.15) is 31.4 Å². The maximum atomic E-state index is 13.6. The number of carboxylic acids is 1. The molecule has 1 fully saturated rings. The zero-order chi connectivity index (χ0) is 22.6. The third-order valence-electron chi connectivity index (χ3n) is 5.40. The van der Waals surface area contributed by atoms with E-state index in [-0.39, 0.29) is 16.7 Å². The number of aliphatic carboxylic acids is 1. The molecule has 31 heavy (non-hydrogen) atoms. The second-order valence-electron chi connectivity index (χ2n) is 7.41. The van der Waals surface area contributed by atoms with Crippen LogP contribution in [-0.2, 0) is 14.8 Å². The van der Waals surface area contributed by atoms with E-state index in [0.717, 1.165) is 17.7 Å². The van der Waals surface area contributed by atoms with Crippen molar-refractivity contribution in [2.45, 2.75) is 36.0 Å². The van der Waals surface area contributed by atoms with E-state index < -0.39 is 28.0 Å². The van der Waals surface area contributed by atoms with Crippen LogP contribution in [0.15, 0.2) is 53.4 Å². The number of hydrogen-bond donors (Lipinski definition) is 1. The fourth-order valence-electron chi connectivity index (χ4n) is 3.77. The van der Waals surface area contributed by atoms with Crippen LogP contribution in [0.5, 0.6) is 5.75 Å². The molecular weight excluding hydrogens is 458 g/mol. The molecule has 0 unspecified atom stereocenters. The van der Waals surface area contributed by atoms with Gasteiger partial charge in [0.15, 0.2) is 0 Å². The monoisotopic (exact) mass is 483 g/mol. The van der Waals surface area contributed by atoms with Gasteiger partial charge in [0, 0.05) is 16.8 Å². The molecule has 3 atom stereocenters. The third-order valence-corrected chi connectivity index (χ3v) is 9.14. The highest BCUT2D eigenvalue weighted by Crippen LogP contribution is 2.42. The Kier molecular flexibility index (Phi) is 7.91. The maximum absolute atomic E-state index is 13.6. The first-order valence-electron chi connectivity index (χ1n) is 10.0. The van der Waals surface area contributed by atoms with Gasteiger partial charge in [0.05, 0.1) is 24.0 Å². The van der Waals surface area contributed by atoms with E-state index in [4.69, 9.17) is 16.3 Å². The number of rotatable bonds is 8. The third kappa shape index (κ3) is 5.37. The molecular formula is C22H26ClNO5S2. The number of ether oxygens (including phenoxy) is 1. The van der Waals surface area contributed by atoms with Gasteiger partial charge in [0.2, 0.25) is 10.0 Å². The maximum Gasteiger partial charge on any atom is 0.308 e. The highest BCUT2D eigenvalue weighted by molar-refractivity contribution is 7.99. The van der Waals surface area contributed by atoms with Crippen LogP contribution in [0.2, 0.25) is 5.02 Å². The van der Waals surface area contributed by atoms with E-state index in [1.54, 1.807) is 31.0 Å². The predicted molar refractivity (Wildman–Crippen MR) is 123 cm³/mol. The van der Waals surface area contributed by atoms with Crippen molar-refractivity contribution in [3.05, 3.63) is 59.1 Å². The number of nitrogens with zero attached hydrogens (tertiary/aromatic N) is 1. The second-order valence-corrected chi connectivity index (χ2v) is 11.1. The van der Waals surface area contributed by atoms with E-state index >= 15 is 0 Å². The summed E-state index contributed by atoms with van der Waals surface area (Å²) in [6.45, 7) is 1.96. The largest absolute Gasteiger partial charge is 0.497 e. The summed E-state index contributed by atoms with van der Waals surface area (Å²) in [7, 11) is -2.36. The van der Waals surface area contributed by atoms with Gasteiger partial charge in [-0.05, 0) is 60.6 Å². The van der Waals surface area contributed by atoms with Gasteiger partial charge in [0.25, 0.3) is 0 Å². The Balaban J connectivity index is 2.04. The highest BCUT2D eigenvalue weighted by Gasteiger charge is 2.45. The summed E-state index contributed by atoms with van der Waals surface area (Å²) in [4.78, 5) is 12.1. The molecule has 3 rings (SSSR count). The molecule has 6 nitrogen and oxygen atoms in total. The first-order valence-corrected chi connectivity index (χ1v) is 12.9. The molecule has 9 heteroatoms. The highest BCUT2D eigenvalue weighted by atomic mass is 35.5. The molecule has 0 spiro atoms. The molecule has 1 aliphatic rings. The van der Waals surface area contributed by atoms with E-state index in [1.165, 1.54) is 28.6 Å². The van der Waals surface area contributed by atoms with Gasteiger partial charge >= 0.3 is 5.97 Å². The van der Waals surface area contributed by atoms with Gasteiger partial charge < -0.3 is 9.84 Å². The zero-order valence-electron chi connectivity index (χ0n) is 17.4. The first-order chi connectivity index (χ1) is 14.8. The molecule has 0 aromatic heterocycles. The minimum atomic E-state index is -3.93. The van der Waals surface area contributed by atoms with Gasteiger partial charge in [-0.1, -0.05) is 30.7 Å². The summed E-state index contributed by atoms with van der Waals surface area (Å²) in [5.74, 6) is -0.258. The first kappa shape index (κ1) is 23.9. The van der Waals surface area contributed by atoms with Crippen LogP contribution in [0.4, 0.5) is 0 Å². The summed E-state index contributed by atoms with van der Waals surface area (Å²) < 4.78 is 33.7. The molecule has 1 aliphatic heterocycles. The molecule has 0 aliphatic carbocycles. The van der Waals surface area contributed by atoms with Gasteiger partial charge in [0.1, 0.15) is 5.75 Å². The van der Waals surface area contributed by atoms with E-state index in [9.17, 15) is 18.3 Å². The summed E-state index contributed by atoms with van der Waals surface area (Å²) in [5, 5.41) is 10.1. The Hall–Kier alpha value is -1.74. The average Bonchev–Trinajstić information content (AvgIpc) is 2.77. The number of thioether (sulfide) groups is 1. The van der Waals surface area contributed by atoms with E-state index in [0.29, 0.717) is 17.2 Å². The Bertz CT molecular complexity index is 996. The lowest BCUT2D eigenvalue weighted by atomic mass is 9.90. The van der Waals surface area contributed by atoms with Crippen LogP contribution in [0.3, 0.4) is 0 Å². The number of halogens is 1. The summed E-state index contributed by atoms with van der Waals surface area (Å²) in [5.41, 5.74) is 0.810. The van der Waals surface area contributed by atoms with Crippen molar-refractivity contribution in [2.24, 2.45) is 5.92 Å². The lowest BCUT2D eigenvalue weighted by Gasteiger charge is -2.41. The van der Waals surface area contributed by atoms with Crippen LogP contribution in [-0.4, -0.2) is 48.5 Å². The molecule has 1 N–H and O–H groups in total. The van der Waals surface area contributed by atoms with E-state index in [2.05, 4.69) is 0 Å². The van der Waals surface area contributed by atoms with Crippen LogP contribution in [0, 0.1) is 5.92 Å². The van der Waals surface area contributed by atoms with Gasteiger partial charge in [-0.2, -0.15) is 16.1 Å². The molecule has 1 saturated heterocycles. The van der Waals surface area contributed by atoms with Crippen molar-refractivity contribution >= 4 is 39.4 Å². The van der Waals surface area contributed by atoms with Crippen LogP contribution < -0.4 is 4.74 Å². The van der Waals surface area contributed by atoms with Crippen molar-refractivity contribution in [1.29, 1.82) is 0 Å². The lowest BCUT2D eigenvalue weighted by Crippen LogP contribution is -2.49. The van der Waals surface area contributed by atoms with Crippen molar-refractivity contribution < 1.29 is 23.1 Å². The van der Waals surface area contributed by atoms with E-state index in [1.807, 2.05) is 19.1 Å². The molecule has 0 saturated carbocycles. The number of sulfonamides is 1. The second kappa shape index (κ2) is 10.3. The number of hydrogen-bond acceptors (Lipinski definition) is 5. The number of carboxylic acid groups (broad SMARTS) is 1. The zero-order valence-corrected chi connectivity index (χ0v) is 19.8. The standard InChI is InChI=1S/C22H26ClNO5S2/c1-3-12-30-21-13-20(15-4-8-17(29-2)9-5-15)24(14-19(21)22(25)26)31(27,28)18-10-6-16(23)7-11-18/h4-11,19-21H,3,12-14H2,1-2H3,(H,25,26)/t19-,20+,21-/m1/s1. The Labute approximate surface area is 192 Å². The number of benzene rings is 2. The minimum Gasteiger partial charge on any atom is -0.497 e. The average molecular weight is 484 g/mol. The van der Waals surface area contributed by atoms with Gasteiger partial charge in [-0.3, -0.25) is 4.79 Å². The SMILES string of the molecule is CCCS[C@@H]1C[C@@H](c2ccc(OC)cc2)N(S(=O)(=O)c2ccc(Cl)cc2)C[C@H]1C(=O)O.